The number of rotatable bonds is 17. The van der Waals surface area contributed by atoms with Crippen molar-refractivity contribution in [3.8, 4) is 0 Å². The number of hydrogen-bond donors (Lipinski definition) is 4. The number of esters is 1. The zero-order valence-corrected chi connectivity index (χ0v) is 32.2. The van der Waals surface area contributed by atoms with Gasteiger partial charge in [-0.25, -0.2) is 18.0 Å². The molecule has 2 fully saturated rings. The van der Waals surface area contributed by atoms with Gasteiger partial charge in [-0.15, -0.1) is 0 Å². The Morgan fingerprint density at radius 3 is 2.00 bits per heavy atom. The summed E-state index contributed by atoms with van der Waals surface area (Å²) >= 11 is 0. The van der Waals surface area contributed by atoms with E-state index in [0.29, 0.717) is 50.5 Å². The second kappa shape index (κ2) is 20.9. The van der Waals surface area contributed by atoms with Gasteiger partial charge in [0, 0.05) is 44.0 Å². The average Bonchev–Trinajstić information content (AvgIpc) is 3.11. The lowest BCUT2D eigenvalue weighted by Gasteiger charge is -2.34. The molecule has 1 unspecified atom stereocenters. The van der Waals surface area contributed by atoms with Gasteiger partial charge in [-0.1, -0.05) is 30.3 Å². The topological polar surface area (TPSA) is 201 Å². The highest BCUT2D eigenvalue weighted by Crippen LogP contribution is 2.29. The highest BCUT2D eigenvalue weighted by atomic mass is 32.2. The lowest BCUT2D eigenvalue weighted by molar-refractivity contribution is -0.145. The molecule has 3 rings (SSSR count). The summed E-state index contributed by atoms with van der Waals surface area (Å²) in [6.45, 7) is 8.37. The molecule has 1 aromatic rings. The van der Waals surface area contributed by atoms with E-state index >= 15 is 0 Å². The Bertz CT molecular complexity index is 1500. The van der Waals surface area contributed by atoms with Crippen molar-refractivity contribution in [3.63, 3.8) is 0 Å². The van der Waals surface area contributed by atoms with Crippen LogP contribution in [-0.4, -0.2) is 111 Å². The van der Waals surface area contributed by atoms with Gasteiger partial charge in [0.25, 0.3) is 0 Å². The van der Waals surface area contributed by atoms with E-state index in [2.05, 4.69) is 15.4 Å². The van der Waals surface area contributed by atoms with Gasteiger partial charge in [-0.3, -0.25) is 14.4 Å². The summed E-state index contributed by atoms with van der Waals surface area (Å²) in [5.74, 6) is -1.55. The average molecular weight is 764 g/mol. The van der Waals surface area contributed by atoms with Crippen LogP contribution in [0.3, 0.4) is 0 Å². The van der Waals surface area contributed by atoms with Gasteiger partial charge in [0.05, 0.1) is 13.2 Å². The third-order valence-electron chi connectivity index (χ3n) is 9.41. The third-order valence-corrected chi connectivity index (χ3v) is 10.5. The number of carbonyl (C=O) groups excluding carboxylic acids is 4. The minimum atomic E-state index is -4.09. The summed E-state index contributed by atoms with van der Waals surface area (Å²) in [4.78, 5) is 65.9. The second-order valence-corrected chi connectivity index (χ2v) is 16.3. The molecule has 0 spiro atoms. The molecule has 2 saturated heterocycles. The summed E-state index contributed by atoms with van der Waals surface area (Å²) in [5, 5.41) is 15.5. The van der Waals surface area contributed by atoms with Crippen LogP contribution in [-0.2, 0) is 33.9 Å². The minimum absolute atomic E-state index is 0.00380. The van der Waals surface area contributed by atoms with E-state index in [1.165, 1.54) is 11.0 Å². The van der Waals surface area contributed by atoms with Gasteiger partial charge in [0.1, 0.15) is 11.6 Å². The van der Waals surface area contributed by atoms with E-state index in [9.17, 15) is 37.5 Å². The fourth-order valence-corrected chi connectivity index (χ4v) is 7.39. The van der Waals surface area contributed by atoms with Crippen molar-refractivity contribution in [2.45, 2.75) is 90.7 Å². The minimum Gasteiger partial charge on any atom is -0.465 e. The van der Waals surface area contributed by atoms with Gasteiger partial charge in [-0.05, 0) is 103 Å². The van der Waals surface area contributed by atoms with Crippen molar-refractivity contribution >= 4 is 46.1 Å². The summed E-state index contributed by atoms with van der Waals surface area (Å²) in [5.41, 5.74) is 0.0656. The lowest BCUT2D eigenvalue weighted by Crippen LogP contribution is -2.50. The van der Waals surface area contributed by atoms with Gasteiger partial charge in [0.15, 0.2) is 0 Å². The first kappa shape index (κ1) is 43.2. The fraction of sp³-hybridized carbons (Fsp3) is 0.649. The van der Waals surface area contributed by atoms with Crippen molar-refractivity contribution in [1.82, 2.24) is 25.2 Å². The second-order valence-electron chi connectivity index (χ2n) is 14.7. The molecule has 4 N–H and O–H groups in total. The van der Waals surface area contributed by atoms with Crippen molar-refractivity contribution in [3.05, 3.63) is 41.3 Å². The number of nitrogens with zero attached hydrogens (tertiary/aromatic N) is 2. The third kappa shape index (κ3) is 16.2. The van der Waals surface area contributed by atoms with Crippen LogP contribution in [0.5, 0.6) is 0 Å². The summed E-state index contributed by atoms with van der Waals surface area (Å²) < 4.78 is 38.2. The summed E-state index contributed by atoms with van der Waals surface area (Å²) in [6, 6.07) is 7.34. The molecule has 4 amide bonds. The molecule has 2 aliphatic rings. The quantitative estimate of drug-likeness (QED) is 0.168. The molecule has 2 aliphatic heterocycles. The Balaban J connectivity index is 1.55. The Kier molecular flexibility index (Phi) is 17.0. The lowest BCUT2D eigenvalue weighted by atomic mass is 9.84. The van der Waals surface area contributed by atoms with Crippen LogP contribution in [0.25, 0.3) is 6.08 Å². The van der Waals surface area contributed by atoms with E-state index in [-0.39, 0.29) is 37.0 Å². The van der Waals surface area contributed by atoms with E-state index in [1.807, 2.05) is 20.8 Å². The maximum absolute atomic E-state index is 13.5. The van der Waals surface area contributed by atoms with Crippen LogP contribution in [0, 0.1) is 17.8 Å². The van der Waals surface area contributed by atoms with Crippen LogP contribution in [0.4, 0.5) is 9.59 Å². The van der Waals surface area contributed by atoms with Crippen LogP contribution < -0.4 is 15.4 Å². The van der Waals surface area contributed by atoms with Crippen LogP contribution >= 0.6 is 0 Å². The molecular formula is C37H57N5O10S. The summed E-state index contributed by atoms with van der Waals surface area (Å²) in [7, 11) is -4.09. The predicted octanol–water partition coefficient (Wildman–Crippen LogP) is 3.95. The Morgan fingerprint density at radius 2 is 1.47 bits per heavy atom. The van der Waals surface area contributed by atoms with E-state index in [0.717, 1.165) is 43.9 Å². The number of piperidine rings is 2. The first-order chi connectivity index (χ1) is 25.0. The van der Waals surface area contributed by atoms with Crippen molar-refractivity contribution in [2.75, 3.05) is 45.9 Å². The number of hydrogen-bond acceptors (Lipinski definition) is 9. The number of nitrogens with one attached hydrogen (secondary N) is 3. The number of sulfonamides is 1. The van der Waals surface area contributed by atoms with Crippen molar-refractivity contribution < 1.29 is 47.0 Å². The largest absolute Gasteiger partial charge is 0.465 e. The first-order valence-corrected chi connectivity index (χ1v) is 20.0. The highest BCUT2D eigenvalue weighted by molar-refractivity contribution is 7.92. The molecule has 296 valence electrons. The fourth-order valence-electron chi connectivity index (χ4n) is 6.40. The van der Waals surface area contributed by atoms with E-state index < -0.39 is 46.2 Å². The molecule has 1 aromatic carbocycles. The molecule has 0 bridgehead atoms. The molecular weight excluding hydrogens is 706 g/mol. The number of carbonyl (C=O) groups is 5. The van der Waals surface area contributed by atoms with Crippen LogP contribution in [0.15, 0.2) is 35.7 Å². The Hall–Kier alpha value is -4.18. The molecule has 2 atom stereocenters. The van der Waals surface area contributed by atoms with Crippen molar-refractivity contribution in [1.29, 1.82) is 0 Å². The number of ether oxygens (including phenoxy) is 2. The van der Waals surface area contributed by atoms with Gasteiger partial charge < -0.3 is 35.0 Å². The Labute approximate surface area is 313 Å². The molecule has 2 heterocycles. The molecule has 0 aromatic heterocycles. The maximum Gasteiger partial charge on any atom is 0.410 e. The molecule has 53 heavy (non-hydrogen) atoms. The monoisotopic (exact) mass is 763 g/mol. The Morgan fingerprint density at radius 1 is 0.906 bits per heavy atom. The molecule has 0 aliphatic carbocycles. The van der Waals surface area contributed by atoms with E-state index in [1.54, 1.807) is 42.2 Å². The maximum atomic E-state index is 13.5. The van der Waals surface area contributed by atoms with Gasteiger partial charge >= 0.3 is 18.2 Å². The number of amides is 4. The van der Waals surface area contributed by atoms with Crippen LogP contribution in [0.1, 0.15) is 84.6 Å². The van der Waals surface area contributed by atoms with Crippen LogP contribution in [0.2, 0.25) is 0 Å². The van der Waals surface area contributed by atoms with Gasteiger partial charge in [-0.2, -0.15) is 4.72 Å². The summed E-state index contributed by atoms with van der Waals surface area (Å²) in [6.07, 6.45) is 5.81. The van der Waals surface area contributed by atoms with Gasteiger partial charge in [0.2, 0.25) is 21.8 Å². The standard InChI is InChI=1S/C37H57N5O10S/c1-5-51-34(45)31(40-53(49,50)24-19-27-9-7-6-8-10-27)25-38-32(43)26-39-33(44)30(13-11-28-15-20-41(21-16-28)35(46)47)14-12-29-17-22-42(23-18-29)36(48)52-37(2,3)4/h6-10,19,24,28-31,40H,5,11-18,20-23,25-26H2,1-4H3,(H,38,43)(H,39,44)(H,46,47)/b24-19+/t30?,31-/m0/s1. The van der Waals surface area contributed by atoms with E-state index in [4.69, 9.17) is 9.47 Å². The number of benzene rings is 1. The zero-order chi connectivity index (χ0) is 39.0. The highest BCUT2D eigenvalue weighted by Gasteiger charge is 2.30. The molecule has 16 heteroatoms. The molecule has 15 nitrogen and oxygen atoms in total. The smallest absolute Gasteiger partial charge is 0.410 e. The number of likely N-dealkylation sites (tertiary alicyclic amines) is 2. The van der Waals surface area contributed by atoms with Crippen molar-refractivity contribution in [2.24, 2.45) is 17.8 Å². The zero-order valence-electron chi connectivity index (χ0n) is 31.4. The number of carboxylic acid groups (broad SMARTS) is 1. The molecule has 0 radical (unpaired) electrons. The predicted molar refractivity (Wildman–Crippen MR) is 199 cm³/mol. The first-order valence-electron chi connectivity index (χ1n) is 18.5. The SMILES string of the molecule is CCOC(=O)[C@H](CNC(=O)CNC(=O)C(CCC1CCN(C(=O)O)CC1)CCC1CCN(C(=O)OC(C)(C)C)CC1)NS(=O)(=O)/C=C/c1ccccc1. The normalized spacial score (nSPS) is 17.2. The molecule has 0 saturated carbocycles.